The number of hydrogen-bond acceptors (Lipinski definition) is 5. The van der Waals surface area contributed by atoms with Gasteiger partial charge in [-0.15, -0.1) is 11.3 Å². The number of aryl methyl sites for hydroxylation is 1. The van der Waals surface area contributed by atoms with Gasteiger partial charge in [-0.25, -0.2) is 0 Å². The molecule has 1 aromatic heterocycles. The van der Waals surface area contributed by atoms with Gasteiger partial charge in [0.1, 0.15) is 5.00 Å². The lowest BCUT2D eigenvalue weighted by Gasteiger charge is -2.24. The van der Waals surface area contributed by atoms with E-state index < -0.39 is 10.2 Å². The number of amides is 2. The zero-order chi connectivity index (χ0) is 21.5. The molecule has 1 aromatic rings. The lowest BCUT2D eigenvalue weighted by atomic mass is 9.91. The fourth-order valence-electron chi connectivity index (χ4n) is 3.78. The van der Waals surface area contributed by atoms with Crippen molar-refractivity contribution in [2.45, 2.75) is 70.9 Å². The summed E-state index contributed by atoms with van der Waals surface area (Å²) in [4.78, 5) is 26.4. The van der Waals surface area contributed by atoms with Crippen LogP contribution in [-0.2, 0) is 27.8 Å². The lowest BCUT2D eigenvalue weighted by molar-refractivity contribution is -0.117. The van der Waals surface area contributed by atoms with Crippen molar-refractivity contribution < 1.29 is 18.0 Å². The average Bonchev–Trinajstić information content (AvgIpc) is 3.55. The Balaban J connectivity index is 1.54. The minimum absolute atomic E-state index is 0.0248. The zero-order valence-corrected chi connectivity index (χ0v) is 19.0. The van der Waals surface area contributed by atoms with Crippen molar-refractivity contribution >= 4 is 38.4 Å². The molecule has 0 spiro atoms. The van der Waals surface area contributed by atoms with Gasteiger partial charge in [0.05, 0.1) is 5.56 Å². The van der Waals surface area contributed by atoms with E-state index in [1.807, 2.05) is 0 Å². The van der Waals surface area contributed by atoms with Gasteiger partial charge in [0.2, 0.25) is 5.91 Å². The number of anilines is 1. The lowest BCUT2D eigenvalue weighted by Crippen LogP contribution is -2.47. The molecule has 1 atom stereocenters. The molecule has 10 heteroatoms. The average molecular weight is 455 g/mol. The predicted octanol–water partition coefficient (Wildman–Crippen LogP) is 1.93. The van der Waals surface area contributed by atoms with Gasteiger partial charge >= 0.3 is 0 Å². The van der Waals surface area contributed by atoms with Crippen molar-refractivity contribution in [3.63, 3.8) is 0 Å². The van der Waals surface area contributed by atoms with Crippen LogP contribution in [0.15, 0.2) is 0 Å². The van der Waals surface area contributed by atoms with Gasteiger partial charge in [-0.2, -0.15) is 17.9 Å². The minimum atomic E-state index is -3.61. The second-order valence-electron chi connectivity index (χ2n) is 8.96. The Labute approximate surface area is 181 Å². The molecule has 30 heavy (non-hydrogen) atoms. The molecular formula is C20H30N4O4S2. The summed E-state index contributed by atoms with van der Waals surface area (Å²) in [5.74, 6) is 0.403. The van der Waals surface area contributed by atoms with Gasteiger partial charge in [0.25, 0.3) is 16.1 Å². The second-order valence-corrected chi connectivity index (χ2v) is 11.5. The highest BCUT2D eigenvalue weighted by Gasteiger charge is 2.35. The Morgan fingerprint density at radius 1 is 1.13 bits per heavy atom. The van der Waals surface area contributed by atoms with Crippen LogP contribution in [0, 0.1) is 11.8 Å². The van der Waals surface area contributed by atoms with E-state index in [1.54, 1.807) is 13.8 Å². The summed E-state index contributed by atoms with van der Waals surface area (Å²) >= 11 is 1.46. The quantitative estimate of drug-likeness (QED) is 0.456. The fourth-order valence-corrected chi connectivity index (χ4v) is 6.36. The maximum atomic E-state index is 13.0. The standard InChI is InChI=1S/C20H30N4O4S2/c1-11(2)23-30(27,28)24-14-7-8-16-15(9-14)17(19(26)21-10-12-3-4-12)20(29-16)22-18(25)13-5-6-13/h11-14,23-24H,3-10H2,1-2H3,(H,21,26)(H,22,25). The minimum Gasteiger partial charge on any atom is -0.352 e. The molecular weight excluding hydrogens is 424 g/mol. The van der Waals surface area contributed by atoms with E-state index in [0.29, 0.717) is 42.3 Å². The molecule has 2 fully saturated rings. The van der Waals surface area contributed by atoms with Crippen LogP contribution >= 0.6 is 11.3 Å². The molecule has 0 saturated heterocycles. The van der Waals surface area contributed by atoms with Gasteiger partial charge in [-0.3, -0.25) is 9.59 Å². The number of nitrogens with one attached hydrogen (secondary N) is 4. The summed E-state index contributed by atoms with van der Waals surface area (Å²) < 4.78 is 29.9. The summed E-state index contributed by atoms with van der Waals surface area (Å²) in [7, 11) is -3.61. The van der Waals surface area contributed by atoms with Gasteiger partial charge < -0.3 is 10.6 Å². The molecule has 8 nitrogen and oxygen atoms in total. The van der Waals surface area contributed by atoms with Crippen LogP contribution in [0.5, 0.6) is 0 Å². The summed E-state index contributed by atoms with van der Waals surface area (Å²) in [6.07, 6.45) is 5.85. The van der Waals surface area contributed by atoms with Crippen LogP contribution in [0.3, 0.4) is 0 Å². The largest absolute Gasteiger partial charge is 0.352 e. The summed E-state index contributed by atoms with van der Waals surface area (Å²) in [5, 5.41) is 6.59. The van der Waals surface area contributed by atoms with Gasteiger partial charge in [0, 0.05) is 29.4 Å². The van der Waals surface area contributed by atoms with E-state index in [2.05, 4.69) is 20.1 Å². The van der Waals surface area contributed by atoms with Crippen LogP contribution in [0.1, 0.15) is 66.8 Å². The third-order valence-electron chi connectivity index (χ3n) is 5.63. The van der Waals surface area contributed by atoms with E-state index >= 15 is 0 Å². The molecule has 4 N–H and O–H groups in total. The zero-order valence-electron chi connectivity index (χ0n) is 17.4. The first-order chi connectivity index (χ1) is 14.2. The first-order valence-corrected chi connectivity index (χ1v) is 13.0. The van der Waals surface area contributed by atoms with Crippen LogP contribution in [-0.4, -0.2) is 38.9 Å². The highest BCUT2D eigenvalue weighted by molar-refractivity contribution is 7.87. The van der Waals surface area contributed by atoms with Gasteiger partial charge in [-0.05, 0) is 70.3 Å². The molecule has 4 rings (SSSR count). The Kier molecular flexibility index (Phi) is 6.20. The topological polar surface area (TPSA) is 116 Å². The second kappa shape index (κ2) is 8.57. The summed E-state index contributed by atoms with van der Waals surface area (Å²) in [6.45, 7) is 4.19. The smallest absolute Gasteiger partial charge is 0.277 e. The third kappa shape index (κ3) is 5.40. The first-order valence-electron chi connectivity index (χ1n) is 10.7. The molecule has 0 bridgehead atoms. The highest BCUT2D eigenvalue weighted by Crippen LogP contribution is 2.40. The maximum Gasteiger partial charge on any atom is 0.277 e. The number of carbonyl (C=O) groups excluding carboxylic acids is 2. The Morgan fingerprint density at radius 2 is 1.87 bits per heavy atom. The molecule has 0 aliphatic heterocycles. The maximum absolute atomic E-state index is 13.0. The Bertz CT molecular complexity index is 933. The third-order valence-corrected chi connectivity index (χ3v) is 8.27. The van der Waals surface area contributed by atoms with Crippen LogP contribution < -0.4 is 20.1 Å². The van der Waals surface area contributed by atoms with E-state index in [1.165, 1.54) is 11.3 Å². The Morgan fingerprint density at radius 3 is 2.50 bits per heavy atom. The number of carbonyl (C=O) groups is 2. The van der Waals surface area contributed by atoms with Crippen molar-refractivity contribution in [3.8, 4) is 0 Å². The van der Waals surface area contributed by atoms with Crippen molar-refractivity contribution in [3.05, 3.63) is 16.0 Å². The highest BCUT2D eigenvalue weighted by atomic mass is 32.2. The molecule has 0 aromatic carbocycles. The fraction of sp³-hybridized carbons (Fsp3) is 0.700. The molecule has 166 valence electrons. The van der Waals surface area contributed by atoms with E-state index in [0.717, 1.165) is 36.1 Å². The summed E-state index contributed by atoms with van der Waals surface area (Å²) in [6, 6.07) is -0.485. The number of rotatable bonds is 9. The molecule has 2 saturated carbocycles. The molecule has 2 amide bonds. The van der Waals surface area contributed by atoms with E-state index in [4.69, 9.17) is 0 Å². The predicted molar refractivity (Wildman–Crippen MR) is 117 cm³/mol. The van der Waals surface area contributed by atoms with Crippen molar-refractivity contribution in [1.82, 2.24) is 14.8 Å². The van der Waals surface area contributed by atoms with Crippen LogP contribution in [0.25, 0.3) is 0 Å². The number of thiophene rings is 1. The first kappa shape index (κ1) is 21.7. The summed E-state index contributed by atoms with van der Waals surface area (Å²) in [5.41, 5.74) is 1.38. The van der Waals surface area contributed by atoms with Crippen LogP contribution in [0.4, 0.5) is 5.00 Å². The normalized spacial score (nSPS) is 21.4. The molecule has 3 aliphatic carbocycles. The number of hydrogen-bond donors (Lipinski definition) is 4. The van der Waals surface area contributed by atoms with Gasteiger partial charge in [-0.1, -0.05) is 0 Å². The Hall–Kier alpha value is -1.49. The molecule has 0 radical (unpaired) electrons. The number of fused-ring (bicyclic) bond motifs is 1. The molecule has 3 aliphatic rings. The monoisotopic (exact) mass is 454 g/mol. The molecule has 1 unspecified atom stereocenters. The van der Waals surface area contributed by atoms with E-state index in [9.17, 15) is 18.0 Å². The van der Waals surface area contributed by atoms with Gasteiger partial charge in [0.15, 0.2) is 0 Å². The SMILES string of the molecule is CC(C)NS(=O)(=O)NC1CCc2sc(NC(=O)C3CC3)c(C(=O)NCC3CC3)c2C1. The molecule has 1 heterocycles. The van der Waals surface area contributed by atoms with Crippen LogP contribution in [0.2, 0.25) is 0 Å². The van der Waals surface area contributed by atoms with Crippen molar-refractivity contribution in [2.75, 3.05) is 11.9 Å². The van der Waals surface area contributed by atoms with E-state index in [-0.39, 0.29) is 29.8 Å². The van der Waals surface area contributed by atoms with Crippen molar-refractivity contribution in [1.29, 1.82) is 0 Å². The van der Waals surface area contributed by atoms with Crippen molar-refractivity contribution in [2.24, 2.45) is 11.8 Å².